The van der Waals surface area contributed by atoms with Crippen LogP contribution in [0.15, 0.2) is 0 Å². The number of rotatable bonds is 1. The molecule has 88 valence electrons. The van der Waals surface area contributed by atoms with Crippen molar-refractivity contribution in [2.45, 2.75) is 57.7 Å². The molecule has 0 spiro atoms. The molecule has 1 aliphatic heterocycles. The van der Waals surface area contributed by atoms with Crippen molar-refractivity contribution in [2.75, 3.05) is 7.05 Å². The minimum absolute atomic E-state index is 0.0366. The van der Waals surface area contributed by atoms with Crippen LogP contribution in [0, 0.1) is 0 Å². The summed E-state index contributed by atoms with van der Waals surface area (Å²) in [6, 6.07) is 0.0590. The average molecular weight is 214 g/mol. The fraction of sp³-hybridized carbons (Fsp3) is 0.909. The third-order valence-electron chi connectivity index (χ3n) is 3.64. The Morgan fingerprint density at radius 2 is 1.67 bits per heavy atom. The summed E-state index contributed by atoms with van der Waals surface area (Å²) in [4.78, 5) is 13.0. The van der Waals surface area contributed by atoms with Gasteiger partial charge in [0.25, 0.3) is 0 Å². The summed E-state index contributed by atoms with van der Waals surface area (Å²) >= 11 is 0. The number of nitrogens with zero attached hydrogens (tertiary/aromatic N) is 1. The lowest BCUT2D eigenvalue weighted by atomic mass is 9.77. The lowest BCUT2D eigenvalue weighted by molar-refractivity contribution is -0.0169. The van der Waals surface area contributed by atoms with Gasteiger partial charge in [0.05, 0.1) is 0 Å². The fourth-order valence-corrected chi connectivity index (χ4v) is 2.65. The second-order valence-electron chi connectivity index (χ2n) is 5.74. The van der Waals surface area contributed by atoms with Crippen LogP contribution in [0.3, 0.4) is 0 Å². The molecule has 0 saturated carbocycles. The van der Waals surface area contributed by atoms with Crippen molar-refractivity contribution in [3.8, 4) is 0 Å². The Kier molecular flexibility index (Phi) is 3.01. The van der Waals surface area contributed by atoms with Gasteiger partial charge in [-0.2, -0.15) is 0 Å². The van der Waals surface area contributed by atoms with Gasteiger partial charge in [-0.3, -0.25) is 4.90 Å². The summed E-state index contributed by atoms with van der Waals surface area (Å²) in [5.74, 6) is 0. The molecule has 1 fully saturated rings. The minimum Gasteiger partial charge on any atom is -0.465 e. The summed E-state index contributed by atoms with van der Waals surface area (Å²) in [5.41, 5.74) is 0.0731. The van der Waals surface area contributed by atoms with Crippen LogP contribution in [-0.4, -0.2) is 40.3 Å². The van der Waals surface area contributed by atoms with E-state index < -0.39 is 6.09 Å². The number of hydrogen-bond donors (Lipinski definition) is 2. The van der Waals surface area contributed by atoms with Crippen LogP contribution in [-0.2, 0) is 0 Å². The molecule has 0 bridgehead atoms. The monoisotopic (exact) mass is 214 g/mol. The van der Waals surface area contributed by atoms with Crippen LogP contribution in [0.1, 0.15) is 40.5 Å². The zero-order valence-electron chi connectivity index (χ0n) is 10.3. The van der Waals surface area contributed by atoms with E-state index in [1.807, 2.05) is 0 Å². The molecule has 0 atom stereocenters. The molecular formula is C11H22N2O2. The molecule has 0 aromatic rings. The first-order valence-corrected chi connectivity index (χ1v) is 5.38. The molecule has 15 heavy (non-hydrogen) atoms. The highest BCUT2D eigenvalue weighted by Crippen LogP contribution is 2.36. The summed E-state index contributed by atoms with van der Waals surface area (Å²) in [6.07, 6.45) is 0.800. The Hall–Kier alpha value is -0.770. The van der Waals surface area contributed by atoms with E-state index in [4.69, 9.17) is 5.11 Å². The second-order valence-corrected chi connectivity index (χ2v) is 5.74. The van der Waals surface area contributed by atoms with Crippen LogP contribution in [0.5, 0.6) is 0 Å². The van der Waals surface area contributed by atoms with E-state index in [0.29, 0.717) is 0 Å². The first-order valence-electron chi connectivity index (χ1n) is 5.38. The maximum Gasteiger partial charge on any atom is 0.404 e. The molecule has 0 aromatic heterocycles. The molecule has 1 heterocycles. The van der Waals surface area contributed by atoms with Crippen molar-refractivity contribution >= 4 is 6.09 Å². The van der Waals surface area contributed by atoms with E-state index in [2.05, 4.69) is 45.0 Å². The smallest absolute Gasteiger partial charge is 0.404 e. The Morgan fingerprint density at radius 3 is 2.00 bits per heavy atom. The standard InChI is InChI=1S/C11H22N2O2/c1-10(2)6-8(12-9(14)15)7-11(3,4)13(10)5/h8,12H,6-7H2,1-5H3,(H,14,15). The van der Waals surface area contributed by atoms with Gasteiger partial charge in [0, 0.05) is 17.1 Å². The average Bonchev–Trinajstić information content (AvgIpc) is 1.97. The van der Waals surface area contributed by atoms with Gasteiger partial charge in [0.1, 0.15) is 0 Å². The van der Waals surface area contributed by atoms with Crippen LogP contribution in [0.4, 0.5) is 4.79 Å². The topological polar surface area (TPSA) is 52.6 Å². The third-order valence-corrected chi connectivity index (χ3v) is 3.64. The predicted octanol–water partition coefficient (Wildman–Crippen LogP) is 1.91. The van der Waals surface area contributed by atoms with Gasteiger partial charge in [-0.25, -0.2) is 4.79 Å². The van der Waals surface area contributed by atoms with E-state index >= 15 is 0 Å². The number of likely N-dealkylation sites (tertiary alicyclic amines) is 1. The van der Waals surface area contributed by atoms with Crippen molar-refractivity contribution < 1.29 is 9.90 Å². The molecule has 0 unspecified atom stereocenters. The molecule has 2 N–H and O–H groups in total. The van der Waals surface area contributed by atoms with E-state index in [9.17, 15) is 4.79 Å². The molecule has 1 saturated heterocycles. The maximum atomic E-state index is 10.6. The quantitative estimate of drug-likeness (QED) is 0.701. The lowest BCUT2D eigenvalue weighted by Gasteiger charge is -2.53. The Bertz CT molecular complexity index is 243. The van der Waals surface area contributed by atoms with Gasteiger partial charge < -0.3 is 10.4 Å². The molecule has 4 heteroatoms. The van der Waals surface area contributed by atoms with Gasteiger partial charge >= 0.3 is 6.09 Å². The third kappa shape index (κ3) is 2.62. The highest BCUT2D eigenvalue weighted by molar-refractivity contribution is 5.64. The van der Waals surface area contributed by atoms with Crippen molar-refractivity contribution in [2.24, 2.45) is 0 Å². The highest BCUT2D eigenvalue weighted by atomic mass is 16.4. The Morgan fingerprint density at radius 1 is 1.27 bits per heavy atom. The first-order chi connectivity index (χ1) is 6.65. The molecule has 1 rings (SSSR count). The second kappa shape index (κ2) is 3.67. The zero-order chi connectivity index (χ0) is 11.9. The SMILES string of the molecule is CN1C(C)(C)CC(NC(=O)O)CC1(C)C. The van der Waals surface area contributed by atoms with Crippen LogP contribution < -0.4 is 5.32 Å². The van der Waals surface area contributed by atoms with Gasteiger partial charge in [0.2, 0.25) is 0 Å². The number of amides is 1. The van der Waals surface area contributed by atoms with Gasteiger partial charge in [-0.1, -0.05) is 0 Å². The summed E-state index contributed by atoms with van der Waals surface area (Å²) in [6.45, 7) is 8.63. The Labute approximate surface area is 91.6 Å². The molecule has 1 amide bonds. The van der Waals surface area contributed by atoms with Crippen LogP contribution in [0.2, 0.25) is 0 Å². The van der Waals surface area contributed by atoms with E-state index in [0.717, 1.165) is 12.8 Å². The molecule has 0 aliphatic carbocycles. The molecule has 0 aromatic carbocycles. The van der Waals surface area contributed by atoms with Crippen molar-refractivity contribution in [3.05, 3.63) is 0 Å². The van der Waals surface area contributed by atoms with Crippen LogP contribution in [0.25, 0.3) is 0 Å². The number of nitrogens with one attached hydrogen (secondary N) is 1. The molecular weight excluding hydrogens is 192 g/mol. The normalized spacial score (nSPS) is 26.2. The number of hydrogen-bond acceptors (Lipinski definition) is 2. The van der Waals surface area contributed by atoms with Crippen molar-refractivity contribution in [1.29, 1.82) is 0 Å². The minimum atomic E-state index is -0.920. The summed E-state index contributed by atoms with van der Waals surface area (Å²) < 4.78 is 0. The summed E-state index contributed by atoms with van der Waals surface area (Å²) in [7, 11) is 2.11. The maximum absolute atomic E-state index is 10.6. The summed E-state index contributed by atoms with van der Waals surface area (Å²) in [5, 5.41) is 11.4. The van der Waals surface area contributed by atoms with Crippen LogP contribution >= 0.6 is 0 Å². The number of carbonyl (C=O) groups is 1. The fourth-order valence-electron chi connectivity index (χ4n) is 2.65. The van der Waals surface area contributed by atoms with E-state index in [1.165, 1.54) is 0 Å². The predicted molar refractivity (Wildman–Crippen MR) is 60.1 cm³/mol. The van der Waals surface area contributed by atoms with E-state index in [-0.39, 0.29) is 17.1 Å². The lowest BCUT2D eigenvalue weighted by Crippen LogP contribution is -2.62. The van der Waals surface area contributed by atoms with Gasteiger partial charge in [-0.15, -0.1) is 0 Å². The molecule has 0 radical (unpaired) electrons. The first kappa shape index (κ1) is 12.3. The number of carboxylic acid groups (broad SMARTS) is 1. The largest absolute Gasteiger partial charge is 0.465 e. The zero-order valence-corrected chi connectivity index (χ0v) is 10.3. The van der Waals surface area contributed by atoms with Gasteiger partial charge in [0.15, 0.2) is 0 Å². The van der Waals surface area contributed by atoms with Crippen molar-refractivity contribution in [3.63, 3.8) is 0 Å². The Balaban J connectivity index is 2.79. The van der Waals surface area contributed by atoms with Crippen molar-refractivity contribution in [1.82, 2.24) is 10.2 Å². The number of piperidine rings is 1. The molecule has 1 aliphatic rings. The van der Waals surface area contributed by atoms with Gasteiger partial charge in [-0.05, 0) is 47.6 Å². The highest BCUT2D eigenvalue weighted by Gasteiger charge is 2.43. The molecule has 4 nitrogen and oxygen atoms in total. The van der Waals surface area contributed by atoms with E-state index in [1.54, 1.807) is 0 Å².